The van der Waals surface area contributed by atoms with Crippen LogP contribution in [0.25, 0.3) is 0 Å². The Labute approximate surface area is 137 Å². The summed E-state index contributed by atoms with van der Waals surface area (Å²) in [5, 5.41) is 10.6. The van der Waals surface area contributed by atoms with E-state index in [-0.39, 0.29) is 11.3 Å². The molecule has 9 heteroatoms. The minimum absolute atomic E-state index is 0.0173. The molecule has 0 radical (unpaired) electrons. The van der Waals surface area contributed by atoms with Crippen molar-refractivity contribution in [3.8, 4) is 0 Å². The van der Waals surface area contributed by atoms with Crippen molar-refractivity contribution in [3.05, 3.63) is 75.3 Å². The minimum Gasteiger partial charge on any atom is -0.258 e. The summed E-state index contributed by atoms with van der Waals surface area (Å²) < 4.78 is 53.2. The molecule has 2 aromatic carbocycles. The molecule has 128 valence electrons. The van der Waals surface area contributed by atoms with E-state index in [0.29, 0.717) is 11.6 Å². The highest BCUT2D eigenvalue weighted by atomic mass is 32.2. The number of sulfonamides is 1. The molecule has 0 heterocycles. The zero-order chi connectivity index (χ0) is 17.9. The summed E-state index contributed by atoms with van der Waals surface area (Å²) in [5.74, 6) is -2.02. The monoisotopic (exact) mass is 356 g/mol. The fourth-order valence-electron chi connectivity index (χ4n) is 2.16. The lowest BCUT2D eigenvalue weighted by Gasteiger charge is -2.15. The first kappa shape index (κ1) is 18.0. The number of nitro groups is 1. The van der Waals surface area contributed by atoms with E-state index >= 15 is 0 Å². The van der Waals surface area contributed by atoms with Gasteiger partial charge in [-0.2, -0.15) is 0 Å². The molecule has 1 N–H and O–H groups in total. The Hall–Kier alpha value is -2.39. The molecule has 1 unspecified atom stereocenters. The van der Waals surface area contributed by atoms with Gasteiger partial charge in [0.15, 0.2) is 0 Å². The number of rotatable bonds is 6. The first-order chi connectivity index (χ1) is 11.2. The van der Waals surface area contributed by atoms with Crippen molar-refractivity contribution in [1.82, 2.24) is 4.72 Å². The van der Waals surface area contributed by atoms with E-state index in [0.717, 1.165) is 6.07 Å². The lowest BCUT2D eigenvalue weighted by Crippen LogP contribution is -2.28. The molecule has 1 atom stereocenters. The van der Waals surface area contributed by atoms with Gasteiger partial charge in [-0.25, -0.2) is 21.9 Å². The third-order valence-electron chi connectivity index (χ3n) is 3.29. The number of nitro benzene ring substituents is 1. The zero-order valence-electron chi connectivity index (χ0n) is 12.6. The van der Waals surface area contributed by atoms with E-state index in [2.05, 4.69) is 4.72 Å². The van der Waals surface area contributed by atoms with Gasteiger partial charge in [0.2, 0.25) is 10.0 Å². The molecule has 0 aliphatic carbocycles. The normalized spacial score (nSPS) is 12.8. The summed E-state index contributed by atoms with van der Waals surface area (Å²) in [4.78, 5) is 9.98. The Bertz CT molecular complexity index is 854. The molecule has 0 bridgehead atoms. The molecule has 6 nitrogen and oxygen atoms in total. The Morgan fingerprint density at radius 1 is 1.17 bits per heavy atom. The lowest BCUT2D eigenvalue weighted by molar-refractivity contribution is -0.384. The standard InChI is InChI=1S/C15H14F2N2O4S/c1-10(14-7-4-12(16)8-15(14)17)18-24(22,23)9-11-2-5-13(6-3-11)19(20)21/h2-8,10,18H,9H2,1H3. The van der Waals surface area contributed by atoms with Gasteiger partial charge in [0.05, 0.1) is 10.7 Å². The van der Waals surface area contributed by atoms with Gasteiger partial charge >= 0.3 is 0 Å². The van der Waals surface area contributed by atoms with Crippen molar-refractivity contribution >= 4 is 15.7 Å². The lowest BCUT2D eigenvalue weighted by atomic mass is 10.1. The van der Waals surface area contributed by atoms with E-state index in [1.165, 1.54) is 37.3 Å². The Morgan fingerprint density at radius 2 is 1.79 bits per heavy atom. The van der Waals surface area contributed by atoms with Crippen LogP contribution in [0.5, 0.6) is 0 Å². The molecule has 2 aromatic rings. The fraction of sp³-hybridized carbons (Fsp3) is 0.200. The van der Waals surface area contributed by atoms with Gasteiger partial charge in [0.1, 0.15) is 11.6 Å². The first-order valence-electron chi connectivity index (χ1n) is 6.86. The second kappa shape index (κ2) is 7.02. The van der Waals surface area contributed by atoms with Gasteiger partial charge < -0.3 is 0 Å². The van der Waals surface area contributed by atoms with Crippen LogP contribution in [0, 0.1) is 21.7 Å². The maximum Gasteiger partial charge on any atom is 0.269 e. The van der Waals surface area contributed by atoms with E-state index in [1.807, 2.05) is 0 Å². The molecule has 0 saturated heterocycles. The van der Waals surface area contributed by atoms with Gasteiger partial charge in [-0.15, -0.1) is 0 Å². The van der Waals surface area contributed by atoms with Crippen molar-refractivity contribution < 1.29 is 22.1 Å². The maximum absolute atomic E-state index is 13.7. The fourth-order valence-corrected chi connectivity index (χ4v) is 3.54. The molecule has 24 heavy (non-hydrogen) atoms. The molecule has 0 aromatic heterocycles. The average molecular weight is 356 g/mol. The van der Waals surface area contributed by atoms with E-state index < -0.39 is 38.4 Å². The van der Waals surface area contributed by atoms with Crippen molar-refractivity contribution in [2.24, 2.45) is 0 Å². The summed E-state index contributed by atoms with van der Waals surface area (Å²) in [7, 11) is -3.82. The number of benzene rings is 2. The minimum atomic E-state index is -3.82. The molecule has 2 rings (SSSR count). The van der Waals surface area contributed by atoms with Crippen LogP contribution >= 0.6 is 0 Å². The van der Waals surface area contributed by atoms with Gasteiger partial charge in [0.25, 0.3) is 5.69 Å². The van der Waals surface area contributed by atoms with Gasteiger partial charge in [-0.3, -0.25) is 10.1 Å². The van der Waals surface area contributed by atoms with E-state index in [1.54, 1.807) is 0 Å². The molecule has 0 spiro atoms. The van der Waals surface area contributed by atoms with Crippen LogP contribution in [0.1, 0.15) is 24.1 Å². The largest absolute Gasteiger partial charge is 0.269 e. The molecular formula is C15H14F2N2O4S. The Balaban J connectivity index is 2.11. The number of nitrogens with zero attached hydrogens (tertiary/aromatic N) is 1. The summed E-state index contributed by atoms with van der Waals surface area (Å²) in [6.45, 7) is 1.43. The molecular weight excluding hydrogens is 342 g/mol. The molecule has 0 fully saturated rings. The molecule has 0 aliphatic heterocycles. The SMILES string of the molecule is CC(NS(=O)(=O)Cc1ccc([N+](=O)[O-])cc1)c1ccc(F)cc1F. The third-order valence-corrected chi connectivity index (χ3v) is 4.72. The second-order valence-electron chi connectivity index (χ2n) is 5.19. The highest BCUT2D eigenvalue weighted by molar-refractivity contribution is 7.88. The summed E-state index contributed by atoms with van der Waals surface area (Å²) in [6.07, 6.45) is 0. The van der Waals surface area contributed by atoms with Gasteiger partial charge in [-0.05, 0) is 18.6 Å². The summed E-state index contributed by atoms with van der Waals surface area (Å²) in [6, 6.07) is 7.07. The average Bonchev–Trinajstić information content (AvgIpc) is 2.46. The summed E-state index contributed by atoms with van der Waals surface area (Å²) >= 11 is 0. The number of non-ortho nitro benzene ring substituents is 1. The highest BCUT2D eigenvalue weighted by Crippen LogP contribution is 2.20. The Morgan fingerprint density at radius 3 is 2.33 bits per heavy atom. The number of halogens is 2. The molecule has 0 saturated carbocycles. The van der Waals surface area contributed by atoms with Crippen molar-refractivity contribution in [2.75, 3.05) is 0 Å². The zero-order valence-corrected chi connectivity index (χ0v) is 13.4. The molecule has 0 amide bonds. The van der Waals surface area contributed by atoms with Crippen LogP contribution in [0.15, 0.2) is 42.5 Å². The quantitative estimate of drug-likeness (QED) is 0.636. The second-order valence-corrected chi connectivity index (χ2v) is 6.94. The van der Waals surface area contributed by atoms with Crippen LogP contribution in [-0.2, 0) is 15.8 Å². The topological polar surface area (TPSA) is 89.3 Å². The smallest absolute Gasteiger partial charge is 0.258 e. The molecule has 0 aliphatic rings. The van der Waals surface area contributed by atoms with Crippen LogP contribution in [0.2, 0.25) is 0 Å². The predicted molar refractivity (Wildman–Crippen MR) is 83.6 cm³/mol. The Kier molecular flexibility index (Phi) is 5.25. The van der Waals surface area contributed by atoms with Gasteiger partial charge in [0, 0.05) is 29.8 Å². The van der Waals surface area contributed by atoms with Crippen molar-refractivity contribution in [3.63, 3.8) is 0 Å². The first-order valence-corrected chi connectivity index (χ1v) is 8.51. The highest BCUT2D eigenvalue weighted by Gasteiger charge is 2.19. The van der Waals surface area contributed by atoms with Crippen LogP contribution in [0.3, 0.4) is 0 Å². The van der Waals surface area contributed by atoms with Crippen LogP contribution < -0.4 is 4.72 Å². The van der Waals surface area contributed by atoms with Crippen LogP contribution in [-0.4, -0.2) is 13.3 Å². The number of nitrogens with one attached hydrogen (secondary N) is 1. The third kappa shape index (κ3) is 4.56. The van der Waals surface area contributed by atoms with Crippen molar-refractivity contribution in [2.45, 2.75) is 18.7 Å². The van der Waals surface area contributed by atoms with E-state index in [9.17, 15) is 27.3 Å². The number of hydrogen-bond acceptors (Lipinski definition) is 4. The van der Waals surface area contributed by atoms with E-state index in [4.69, 9.17) is 0 Å². The predicted octanol–water partition coefficient (Wildman–Crippen LogP) is 3.05. The number of hydrogen-bond donors (Lipinski definition) is 1. The maximum atomic E-state index is 13.7. The van der Waals surface area contributed by atoms with Crippen molar-refractivity contribution in [1.29, 1.82) is 0 Å². The van der Waals surface area contributed by atoms with Gasteiger partial charge in [-0.1, -0.05) is 18.2 Å². The van der Waals surface area contributed by atoms with Crippen LogP contribution in [0.4, 0.5) is 14.5 Å². The summed E-state index contributed by atoms with van der Waals surface area (Å²) in [5.41, 5.74) is 0.217.